The molecule has 4 aromatic rings. The quantitative estimate of drug-likeness (QED) is 0.206. The molecule has 0 amide bonds. The summed E-state index contributed by atoms with van der Waals surface area (Å²) in [6.45, 7) is 27.5. The summed E-state index contributed by atoms with van der Waals surface area (Å²) in [6, 6.07) is 9.23. The van der Waals surface area contributed by atoms with Gasteiger partial charge < -0.3 is 18.7 Å². The summed E-state index contributed by atoms with van der Waals surface area (Å²) in [5.41, 5.74) is 1.05. The molecule has 44 heavy (non-hydrogen) atoms. The Morgan fingerprint density at radius 3 is 2.05 bits per heavy atom. The van der Waals surface area contributed by atoms with Crippen LogP contribution in [0.25, 0.3) is 32.5 Å². The van der Waals surface area contributed by atoms with Gasteiger partial charge in [-0.15, -0.1) is 11.3 Å². The molecule has 0 fully saturated rings. The Morgan fingerprint density at radius 1 is 0.886 bits per heavy atom. The summed E-state index contributed by atoms with van der Waals surface area (Å²) in [6.07, 6.45) is -1.79. The minimum Gasteiger partial charge on any atom is -0.543 e. The van der Waals surface area contributed by atoms with E-state index >= 15 is 0 Å². The molecule has 0 aliphatic carbocycles. The highest BCUT2D eigenvalue weighted by atomic mass is 32.1. The summed E-state index contributed by atoms with van der Waals surface area (Å²) in [5, 5.41) is 15.9. The first-order valence-corrected chi connectivity index (χ1v) is 21.5. The second-order valence-electron chi connectivity index (χ2n) is 15.4. The van der Waals surface area contributed by atoms with Gasteiger partial charge in [0.2, 0.25) is 8.32 Å². The van der Waals surface area contributed by atoms with Gasteiger partial charge in [-0.25, -0.2) is 14.2 Å². The van der Waals surface area contributed by atoms with Crippen LogP contribution in [0.3, 0.4) is 0 Å². The number of carbonyl (C=O) groups excluding carboxylic acids is 1. The number of fused-ring (bicyclic) bond motifs is 2. The number of hydrogen-bond acceptors (Lipinski definition) is 7. The molecule has 0 aliphatic heterocycles. The van der Waals surface area contributed by atoms with E-state index in [1.54, 1.807) is 32.9 Å². The normalized spacial score (nSPS) is 13.6. The number of nitrogens with zero attached hydrogens (tertiary/aromatic N) is 3. The third kappa shape index (κ3) is 6.68. The van der Waals surface area contributed by atoms with Gasteiger partial charge in [-0.2, -0.15) is 9.78 Å². The zero-order chi connectivity index (χ0) is 33.2. The first kappa shape index (κ1) is 33.9. The molecular weight excluding hydrogens is 611 g/mol. The number of benzene rings is 1. The number of carboxylic acid groups (broad SMARTS) is 1. The van der Waals surface area contributed by atoms with Crippen molar-refractivity contribution >= 4 is 61.3 Å². The average Bonchev–Trinajstić information content (AvgIpc) is 3.50. The van der Waals surface area contributed by atoms with Crippen molar-refractivity contribution in [3.05, 3.63) is 35.2 Å². The summed E-state index contributed by atoms with van der Waals surface area (Å²) in [5.74, 6) is 0.627. The SMILES string of the molecule is CC(C)(C)OC(=O)n1nc(-c2cc3ccc(O[Si](C)(C)C(C)(C)C)cc3n2C(=O)O)c2sc(CO[Si](C)(C)C(C)(C)C)cc21. The van der Waals surface area contributed by atoms with Crippen LogP contribution in [0.1, 0.15) is 67.2 Å². The van der Waals surface area contributed by atoms with Crippen LogP contribution < -0.4 is 4.43 Å². The van der Waals surface area contributed by atoms with Crippen molar-refractivity contribution in [3.8, 4) is 17.1 Å². The van der Waals surface area contributed by atoms with Gasteiger partial charge >= 0.3 is 12.2 Å². The van der Waals surface area contributed by atoms with Gasteiger partial charge in [0, 0.05) is 16.3 Å². The van der Waals surface area contributed by atoms with Gasteiger partial charge in [-0.1, -0.05) is 41.5 Å². The predicted octanol–water partition coefficient (Wildman–Crippen LogP) is 9.93. The van der Waals surface area contributed by atoms with Crippen LogP contribution in [-0.2, 0) is 15.8 Å². The molecule has 4 rings (SSSR count). The van der Waals surface area contributed by atoms with E-state index in [0.29, 0.717) is 39.5 Å². The minimum absolute atomic E-state index is 0.0206. The van der Waals surface area contributed by atoms with Crippen LogP contribution in [0.15, 0.2) is 30.3 Å². The Bertz CT molecular complexity index is 1730. The van der Waals surface area contributed by atoms with Crippen LogP contribution >= 0.6 is 11.3 Å². The first-order valence-electron chi connectivity index (χ1n) is 14.9. The van der Waals surface area contributed by atoms with Crippen molar-refractivity contribution in [2.24, 2.45) is 0 Å². The predicted molar refractivity (Wildman–Crippen MR) is 183 cm³/mol. The van der Waals surface area contributed by atoms with Crippen molar-refractivity contribution in [2.45, 2.75) is 111 Å². The molecule has 0 unspecified atom stereocenters. The van der Waals surface area contributed by atoms with Gasteiger partial charge in [0.25, 0.3) is 0 Å². The second-order valence-corrected chi connectivity index (χ2v) is 26.1. The average molecular weight is 658 g/mol. The fourth-order valence-corrected chi connectivity index (χ4v) is 7.30. The van der Waals surface area contributed by atoms with E-state index in [9.17, 15) is 14.7 Å². The molecule has 3 heterocycles. The lowest BCUT2D eigenvalue weighted by Gasteiger charge is -2.36. The van der Waals surface area contributed by atoms with Crippen molar-refractivity contribution in [3.63, 3.8) is 0 Å². The van der Waals surface area contributed by atoms with Gasteiger partial charge in [0.15, 0.2) is 8.32 Å². The highest BCUT2D eigenvalue weighted by Crippen LogP contribution is 2.42. The first-order chi connectivity index (χ1) is 19.9. The molecule has 0 radical (unpaired) electrons. The highest BCUT2D eigenvalue weighted by Gasteiger charge is 2.39. The molecule has 0 spiro atoms. The van der Waals surface area contributed by atoms with E-state index in [4.69, 9.17) is 13.6 Å². The number of aromatic nitrogens is 3. The third-order valence-electron chi connectivity index (χ3n) is 8.74. The fourth-order valence-electron chi connectivity index (χ4n) is 4.18. The third-order valence-corrected chi connectivity index (χ3v) is 18.7. The largest absolute Gasteiger partial charge is 0.543 e. The van der Waals surface area contributed by atoms with E-state index in [0.717, 1.165) is 10.3 Å². The lowest BCUT2D eigenvalue weighted by atomic mass is 10.2. The number of thiophene rings is 1. The Labute approximate surface area is 266 Å². The summed E-state index contributed by atoms with van der Waals surface area (Å²) >= 11 is 1.45. The van der Waals surface area contributed by atoms with Crippen LogP contribution in [0.5, 0.6) is 5.75 Å². The zero-order valence-electron chi connectivity index (χ0n) is 28.3. The highest BCUT2D eigenvalue weighted by molar-refractivity contribution is 7.19. The summed E-state index contributed by atoms with van der Waals surface area (Å²) < 4.78 is 21.8. The molecule has 1 aromatic carbocycles. The maximum Gasteiger partial charge on any atom is 0.435 e. The molecule has 0 saturated carbocycles. The van der Waals surface area contributed by atoms with Crippen LogP contribution in [0.2, 0.25) is 36.3 Å². The molecule has 3 aromatic heterocycles. The topological polar surface area (TPSA) is 105 Å². The number of carbonyl (C=O) groups is 2. The van der Waals surface area contributed by atoms with Crippen molar-refractivity contribution < 1.29 is 28.3 Å². The van der Waals surface area contributed by atoms with Crippen LogP contribution in [0.4, 0.5) is 9.59 Å². The van der Waals surface area contributed by atoms with Crippen molar-refractivity contribution in [2.75, 3.05) is 0 Å². The molecule has 0 atom stereocenters. The zero-order valence-corrected chi connectivity index (χ0v) is 31.1. The van der Waals surface area contributed by atoms with E-state index in [1.165, 1.54) is 20.6 Å². The molecule has 0 aliphatic rings. The number of hydrogen-bond donors (Lipinski definition) is 1. The Balaban J connectivity index is 1.88. The Kier molecular flexibility index (Phi) is 8.60. The number of rotatable bonds is 6. The van der Waals surface area contributed by atoms with E-state index in [2.05, 4.69) is 72.8 Å². The fraction of sp³-hybridized carbons (Fsp3) is 0.531. The molecule has 240 valence electrons. The van der Waals surface area contributed by atoms with E-state index in [1.807, 2.05) is 18.2 Å². The summed E-state index contributed by atoms with van der Waals surface area (Å²) in [7, 11) is -4.20. The number of ether oxygens (including phenoxy) is 1. The molecule has 12 heteroatoms. The minimum atomic E-state index is -2.16. The van der Waals surface area contributed by atoms with Gasteiger partial charge in [-0.3, -0.25) is 0 Å². The smallest absolute Gasteiger partial charge is 0.435 e. The van der Waals surface area contributed by atoms with Crippen LogP contribution in [0, 0.1) is 0 Å². The molecule has 9 nitrogen and oxygen atoms in total. The maximum atomic E-state index is 13.3. The lowest BCUT2D eigenvalue weighted by Crippen LogP contribution is -2.43. The molecule has 1 N–H and O–H groups in total. The summed E-state index contributed by atoms with van der Waals surface area (Å²) in [4.78, 5) is 27.1. The lowest BCUT2D eigenvalue weighted by molar-refractivity contribution is 0.0523. The van der Waals surface area contributed by atoms with Crippen molar-refractivity contribution in [1.82, 2.24) is 14.3 Å². The Hall–Kier alpha value is -2.94. The maximum absolute atomic E-state index is 13.3. The van der Waals surface area contributed by atoms with Gasteiger partial charge in [0.1, 0.15) is 17.0 Å². The van der Waals surface area contributed by atoms with Gasteiger partial charge in [0.05, 0.1) is 28.0 Å². The monoisotopic (exact) mass is 657 g/mol. The van der Waals surface area contributed by atoms with E-state index < -0.39 is 34.4 Å². The molecular formula is C32H47N3O6SSi2. The molecule has 0 saturated heterocycles. The van der Waals surface area contributed by atoms with Crippen LogP contribution in [-0.4, -0.2) is 53.9 Å². The second kappa shape index (κ2) is 11.1. The standard InChI is InChI=1S/C32H47N3O6SSi2/c1-30(2,3)40-29(38)35-25-18-22(19-39-43(10,11)31(4,5)6)42-27(25)26(33-35)24-16-20-14-15-21(17-23(20)34(24)28(36)37)41-44(12,13)32(7,8)9/h14-18H,19H2,1-13H3,(H,36,37). The van der Waals surface area contributed by atoms with Crippen molar-refractivity contribution in [1.29, 1.82) is 0 Å². The van der Waals surface area contributed by atoms with E-state index in [-0.39, 0.29) is 10.1 Å². The van der Waals surface area contributed by atoms with Gasteiger partial charge in [-0.05, 0) is 81.3 Å². The Morgan fingerprint density at radius 2 is 1.50 bits per heavy atom. The molecule has 0 bridgehead atoms.